The molecule has 2 heterocycles. The van der Waals surface area contributed by atoms with Crippen LogP contribution in [0.4, 0.5) is 5.82 Å². The molecule has 1 aliphatic heterocycles. The summed E-state index contributed by atoms with van der Waals surface area (Å²) in [5.41, 5.74) is 1.08. The van der Waals surface area contributed by atoms with Crippen LogP contribution in [0, 0.1) is 5.92 Å². The summed E-state index contributed by atoms with van der Waals surface area (Å²) in [4.78, 5) is 34.0. The zero-order valence-corrected chi connectivity index (χ0v) is 20.6. The smallest absolute Gasteiger partial charge is 0.233 e. The number of nitrogens with zero attached hydrogens (tertiary/aromatic N) is 2. The van der Waals surface area contributed by atoms with E-state index < -0.39 is 21.9 Å². The summed E-state index contributed by atoms with van der Waals surface area (Å²) in [6, 6.07) is 4.68. The fourth-order valence-electron chi connectivity index (χ4n) is 4.68. The number of rotatable bonds is 7. The lowest BCUT2D eigenvalue weighted by atomic mass is 9.87. The highest BCUT2D eigenvalue weighted by Crippen LogP contribution is 2.36. The number of amides is 1. The Bertz CT molecular complexity index is 1160. The highest BCUT2D eigenvalue weighted by molar-refractivity contribution is 7.90. The van der Waals surface area contributed by atoms with Crippen LogP contribution < -0.4 is 5.32 Å². The van der Waals surface area contributed by atoms with E-state index in [1.165, 1.54) is 18.5 Å². The Morgan fingerprint density at radius 3 is 2.59 bits per heavy atom. The Hall–Kier alpha value is -2.36. The molecule has 2 aromatic rings. The molecule has 1 aromatic heterocycles. The summed E-state index contributed by atoms with van der Waals surface area (Å²) < 4.78 is 29.4. The van der Waals surface area contributed by atoms with Crippen LogP contribution in [0.15, 0.2) is 35.5 Å². The zero-order chi connectivity index (χ0) is 24.3. The van der Waals surface area contributed by atoms with E-state index in [1.807, 2.05) is 0 Å². The topological polar surface area (TPSA) is 115 Å². The third kappa shape index (κ3) is 5.82. The predicted octanol–water partition coefficient (Wildman–Crippen LogP) is 4.26. The molecule has 0 bridgehead atoms. The van der Waals surface area contributed by atoms with Gasteiger partial charge >= 0.3 is 0 Å². The summed E-state index contributed by atoms with van der Waals surface area (Å²) >= 11 is 6.27. The van der Waals surface area contributed by atoms with Gasteiger partial charge in [-0.3, -0.25) is 14.6 Å². The third-order valence-corrected chi connectivity index (χ3v) is 8.03. The Morgan fingerprint density at radius 2 is 1.97 bits per heavy atom. The summed E-state index contributed by atoms with van der Waals surface area (Å²) in [5.74, 6) is -0.122. The van der Waals surface area contributed by atoms with E-state index in [9.17, 15) is 18.0 Å². The second kappa shape index (κ2) is 10.5. The van der Waals surface area contributed by atoms with Gasteiger partial charge in [-0.05, 0) is 36.5 Å². The largest absolute Gasteiger partial charge is 0.364 e. The molecule has 2 atom stereocenters. The van der Waals surface area contributed by atoms with Crippen molar-refractivity contribution in [1.29, 1.82) is 0 Å². The minimum Gasteiger partial charge on any atom is -0.364 e. The van der Waals surface area contributed by atoms with Crippen LogP contribution in [-0.4, -0.2) is 42.9 Å². The van der Waals surface area contributed by atoms with Crippen LogP contribution >= 0.6 is 11.6 Å². The number of benzene rings is 1. The Labute approximate surface area is 204 Å². The van der Waals surface area contributed by atoms with Crippen molar-refractivity contribution >= 4 is 38.9 Å². The van der Waals surface area contributed by atoms with Gasteiger partial charge in [0.1, 0.15) is 0 Å². The maximum absolute atomic E-state index is 13.3. The van der Waals surface area contributed by atoms with E-state index in [0.29, 0.717) is 43.0 Å². The van der Waals surface area contributed by atoms with Crippen molar-refractivity contribution in [1.82, 2.24) is 9.97 Å². The number of ether oxygens (including phenoxy) is 1. The molecule has 182 valence electrons. The summed E-state index contributed by atoms with van der Waals surface area (Å²) in [7, 11) is -3.47. The molecule has 1 saturated carbocycles. The van der Waals surface area contributed by atoms with Gasteiger partial charge < -0.3 is 10.1 Å². The van der Waals surface area contributed by atoms with Gasteiger partial charge in [-0.15, -0.1) is 0 Å². The van der Waals surface area contributed by atoms with Crippen LogP contribution in [0.25, 0.3) is 0 Å². The highest BCUT2D eigenvalue weighted by atomic mass is 35.5. The molecule has 8 nitrogen and oxygen atoms in total. The molecule has 1 amide bonds. The number of hydrogen-bond acceptors (Lipinski definition) is 7. The van der Waals surface area contributed by atoms with Crippen LogP contribution in [-0.2, 0) is 24.2 Å². The summed E-state index contributed by atoms with van der Waals surface area (Å²) in [5, 5.41) is 2.92. The number of halogens is 1. The molecule has 1 aliphatic carbocycles. The quantitative estimate of drug-likeness (QED) is 0.597. The number of carbonyl (C=O) groups is 2. The maximum atomic E-state index is 13.3. The first kappa shape index (κ1) is 24.8. The molecule has 0 radical (unpaired) electrons. The molecule has 1 saturated heterocycles. The third-order valence-electron chi connectivity index (χ3n) is 6.45. The molecule has 1 N–H and O–H groups in total. The fraction of sp³-hybridized carbons (Fsp3) is 0.500. The van der Waals surface area contributed by atoms with E-state index in [4.69, 9.17) is 16.3 Å². The van der Waals surface area contributed by atoms with Gasteiger partial charge in [0, 0.05) is 19.3 Å². The molecule has 1 unspecified atom stereocenters. The first-order chi connectivity index (χ1) is 16.2. The number of aromatic nitrogens is 2. The first-order valence-electron chi connectivity index (χ1n) is 11.5. The molecule has 2 aliphatic rings. The molecule has 4 rings (SSSR count). The Balaban J connectivity index is 1.54. The van der Waals surface area contributed by atoms with Gasteiger partial charge in [0.05, 0.1) is 33.9 Å². The number of nitrogens with one attached hydrogen (secondary N) is 1. The second-order valence-corrected chi connectivity index (χ2v) is 11.4. The van der Waals surface area contributed by atoms with Crippen molar-refractivity contribution in [2.45, 2.75) is 61.9 Å². The van der Waals surface area contributed by atoms with Crippen molar-refractivity contribution in [3.8, 4) is 0 Å². The number of Topliss-reactive ketones (excluding diaryl/α,β-unsaturated/α-hetero) is 1. The molecule has 0 spiro atoms. The van der Waals surface area contributed by atoms with Gasteiger partial charge in [0.15, 0.2) is 27.5 Å². The number of carbonyl (C=O) groups excluding carboxylic acids is 2. The van der Waals surface area contributed by atoms with Crippen molar-refractivity contribution in [3.05, 3.63) is 46.9 Å². The standard InChI is InChI=1S/C24H28ClN3O5S/c1-34(31,32)21-9-8-16(12-18(21)25)17(11-15-5-2-3-6-15)24(30)28-22-14-26-19(13-27-22)23-20(29)7-4-10-33-23/h8-9,12-15,17,23H,2-7,10-11H2,1H3,(H,27,28,30)/t17-,23?/m1/s1. The normalized spacial score (nSPS) is 20.3. The van der Waals surface area contributed by atoms with Crippen molar-refractivity contribution in [3.63, 3.8) is 0 Å². The lowest BCUT2D eigenvalue weighted by Crippen LogP contribution is -2.25. The summed E-state index contributed by atoms with van der Waals surface area (Å²) in [6.07, 6.45) is 9.45. The van der Waals surface area contributed by atoms with Crippen molar-refractivity contribution < 1.29 is 22.7 Å². The fourth-order valence-corrected chi connectivity index (χ4v) is 6.02. The van der Waals surface area contributed by atoms with Gasteiger partial charge in [0.25, 0.3) is 0 Å². The minimum absolute atomic E-state index is 0.0246. The molecule has 1 aromatic carbocycles. The van der Waals surface area contributed by atoms with Crippen molar-refractivity contribution in [2.24, 2.45) is 5.92 Å². The molecule has 10 heteroatoms. The van der Waals surface area contributed by atoms with Gasteiger partial charge in [-0.1, -0.05) is 43.4 Å². The van der Waals surface area contributed by atoms with Crippen LogP contribution in [0.3, 0.4) is 0 Å². The number of hydrogen-bond donors (Lipinski definition) is 1. The Kier molecular flexibility index (Phi) is 7.64. The monoisotopic (exact) mass is 505 g/mol. The van der Waals surface area contributed by atoms with Crippen LogP contribution in [0.5, 0.6) is 0 Å². The number of sulfone groups is 1. The lowest BCUT2D eigenvalue weighted by Gasteiger charge is -2.22. The first-order valence-corrected chi connectivity index (χ1v) is 13.8. The van der Waals surface area contributed by atoms with Gasteiger partial charge in [0.2, 0.25) is 5.91 Å². The molecule has 34 heavy (non-hydrogen) atoms. The van der Waals surface area contributed by atoms with Crippen molar-refractivity contribution in [2.75, 3.05) is 18.2 Å². The maximum Gasteiger partial charge on any atom is 0.233 e. The average Bonchev–Trinajstić information content (AvgIpc) is 3.31. The molecular weight excluding hydrogens is 478 g/mol. The average molecular weight is 506 g/mol. The zero-order valence-electron chi connectivity index (χ0n) is 19.0. The van der Waals surface area contributed by atoms with E-state index in [2.05, 4.69) is 15.3 Å². The Morgan fingerprint density at radius 1 is 1.21 bits per heavy atom. The van der Waals surface area contributed by atoms with Crippen LogP contribution in [0.1, 0.15) is 68.2 Å². The van der Waals surface area contributed by atoms with Gasteiger partial charge in [-0.25, -0.2) is 13.4 Å². The van der Waals surface area contributed by atoms with E-state index >= 15 is 0 Å². The van der Waals surface area contributed by atoms with E-state index in [-0.39, 0.29) is 27.4 Å². The lowest BCUT2D eigenvalue weighted by molar-refractivity contribution is -0.136. The minimum atomic E-state index is -3.47. The van der Waals surface area contributed by atoms with E-state index in [1.54, 1.807) is 12.1 Å². The SMILES string of the molecule is CS(=O)(=O)c1ccc([C@@H](CC2CCCC2)C(=O)Nc2cnc(C3OCCCC3=O)cn2)cc1Cl. The summed E-state index contributed by atoms with van der Waals surface area (Å²) in [6.45, 7) is 0.500. The number of ketones is 1. The van der Waals surface area contributed by atoms with Gasteiger partial charge in [-0.2, -0.15) is 0 Å². The predicted molar refractivity (Wildman–Crippen MR) is 127 cm³/mol. The van der Waals surface area contributed by atoms with E-state index in [0.717, 1.165) is 31.9 Å². The molecule has 2 fully saturated rings. The molecular formula is C24H28ClN3O5S. The second-order valence-electron chi connectivity index (χ2n) is 9.04. The number of anilines is 1. The highest BCUT2D eigenvalue weighted by Gasteiger charge is 2.29. The van der Waals surface area contributed by atoms with Crippen LogP contribution in [0.2, 0.25) is 5.02 Å².